The molecule has 3 aromatic rings. The van der Waals surface area contributed by atoms with Gasteiger partial charge in [-0.25, -0.2) is 4.39 Å². The molecular formula is C24H19ClFN3O2S. The molecule has 1 unspecified atom stereocenters. The summed E-state index contributed by atoms with van der Waals surface area (Å²) in [5.74, 6) is 0.408. The van der Waals surface area contributed by atoms with Crippen LogP contribution >= 0.6 is 23.4 Å². The molecule has 1 aliphatic heterocycles. The molecule has 0 saturated carbocycles. The second-order valence-corrected chi connectivity index (χ2v) is 8.59. The normalized spacial score (nSPS) is 17.6. The number of furan rings is 1. The van der Waals surface area contributed by atoms with E-state index in [4.69, 9.17) is 16.0 Å². The fourth-order valence-corrected chi connectivity index (χ4v) is 4.61. The van der Waals surface area contributed by atoms with Gasteiger partial charge in [0.2, 0.25) is 5.91 Å². The molecule has 0 aliphatic carbocycles. The maximum Gasteiger partial charge on any atom is 0.242 e. The quantitative estimate of drug-likeness (QED) is 0.250. The highest BCUT2D eigenvalue weighted by Gasteiger charge is 2.37. The molecule has 5 nitrogen and oxygen atoms in total. The highest BCUT2D eigenvalue weighted by molar-refractivity contribution is 8.15. The van der Waals surface area contributed by atoms with E-state index in [0.717, 1.165) is 5.56 Å². The minimum absolute atomic E-state index is 0.0522. The van der Waals surface area contributed by atoms with Gasteiger partial charge in [-0.2, -0.15) is 5.10 Å². The van der Waals surface area contributed by atoms with Crippen LogP contribution in [0, 0.1) is 5.82 Å². The maximum atomic E-state index is 13.9. The van der Waals surface area contributed by atoms with Crippen LogP contribution in [0.1, 0.15) is 11.3 Å². The second-order valence-electron chi connectivity index (χ2n) is 6.99. The Morgan fingerprint density at radius 2 is 2.03 bits per heavy atom. The Hall–Kier alpha value is -3.16. The van der Waals surface area contributed by atoms with Crippen LogP contribution in [0.25, 0.3) is 11.3 Å². The topological polar surface area (TPSA) is 58.2 Å². The molecule has 1 fully saturated rings. The van der Waals surface area contributed by atoms with E-state index >= 15 is 0 Å². The van der Waals surface area contributed by atoms with Crippen LogP contribution in [0.4, 0.5) is 4.39 Å². The van der Waals surface area contributed by atoms with Crippen LogP contribution in [0.15, 0.2) is 87.9 Å². The van der Waals surface area contributed by atoms with Gasteiger partial charge in [0, 0.05) is 11.6 Å². The van der Waals surface area contributed by atoms with Crippen molar-refractivity contribution in [1.29, 1.82) is 0 Å². The Labute approximate surface area is 194 Å². The molecule has 0 spiro atoms. The van der Waals surface area contributed by atoms with Crippen molar-refractivity contribution < 1.29 is 13.6 Å². The molecule has 0 N–H and O–H groups in total. The third-order valence-electron chi connectivity index (χ3n) is 4.74. The van der Waals surface area contributed by atoms with Crippen molar-refractivity contribution in [2.75, 3.05) is 6.54 Å². The fraction of sp³-hybridized carbons (Fsp3) is 0.125. The molecule has 162 valence electrons. The average Bonchev–Trinajstić information content (AvgIpc) is 3.35. The van der Waals surface area contributed by atoms with Crippen LogP contribution < -0.4 is 0 Å². The smallest absolute Gasteiger partial charge is 0.242 e. The standard InChI is InChI=1S/C24H19ClFN3O2S/c1-2-12-29-23(30)22(14-16-6-5-7-17(25)13-16)32-24(29)28-27-15-18-10-11-21(31-18)19-8-3-4-9-20(19)26/h2-11,13,15,22H,1,12,14H2. The van der Waals surface area contributed by atoms with Gasteiger partial charge in [-0.1, -0.05) is 53.7 Å². The van der Waals surface area contributed by atoms with Crippen molar-refractivity contribution in [3.8, 4) is 11.3 Å². The lowest BCUT2D eigenvalue weighted by Gasteiger charge is -2.12. The minimum atomic E-state index is -0.364. The zero-order chi connectivity index (χ0) is 22.5. The lowest BCUT2D eigenvalue weighted by atomic mass is 10.1. The van der Waals surface area contributed by atoms with Gasteiger partial charge < -0.3 is 4.42 Å². The van der Waals surface area contributed by atoms with E-state index in [1.165, 1.54) is 24.0 Å². The predicted octanol–water partition coefficient (Wildman–Crippen LogP) is 5.80. The number of rotatable bonds is 7. The molecule has 0 radical (unpaired) electrons. The number of amides is 1. The summed E-state index contributed by atoms with van der Waals surface area (Å²) in [4.78, 5) is 14.4. The van der Waals surface area contributed by atoms with Gasteiger partial charge in [-0.05, 0) is 48.4 Å². The second kappa shape index (κ2) is 9.97. The zero-order valence-corrected chi connectivity index (χ0v) is 18.5. The fourth-order valence-electron chi connectivity index (χ4n) is 3.25. The summed E-state index contributed by atoms with van der Waals surface area (Å²) in [5.41, 5.74) is 1.35. The summed E-state index contributed by atoms with van der Waals surface area (Å²) >= 11 is 7.41. The van der Waals surface area contributed by atoms with Gasteiger partial charge in [0.25, 0.3) is 0 Å². The molecule has 1 saturated heterocycles. The van der Waals surface area contributed by atoms with Crippen LogP contribution in [0.5, 0.6) is 0 Å². The van der Waals surface area contributed by atoms with Gasteiger partial charge in [-0.3, -0.25) is 9.69 Å². The van der Waals surface area contributed by atoms with Crippen molar-refractivity contribution in [3.05, 3.63) is 95.5 Å². The SMILES string of the molecule is C=CCN1C(=O)C(Cc2cccc(Cl)c2)SC1=NN=Cc1ccc(-c2ccccc2F)o1. The van der Waals surface area contributed by atoms with E-state index < -0.39 is 0 Å². The molecule has 2 aromatic carbocycles. The van der Waals surface area contributed by atoms with Crippen LogP contribution in [-0.2, 0) is 11.2 Å². The van der Waals surface area contributed by atoms with E-state index in [1.807, 2.05) is 18.2 Å². The molecule has 0 bridgehead atoms. The number of amidine groups is 1. The third-order valence-corrected chi connectivity index (χ3v) is 6.14. The van der Waals surface area contributed by atoms with E-state index in [1.54, 1.807) is 47.4 Å². The minimum Gasteiger partial charge on any atom is -0.455 e. The first-order valence-electron chi connectivity index (χ1n) is 9.84. The largest absolute Gasteiger partial charge is 0.455 e. The first kappa shape index (κ1) is 22.0. The van der Waals surface area contributed by atoms with Crippen molar-refractivity contribution in [2.24, 2.45) is 10.2 Å². The number of carbonyl (C=O) groups is 1. The summed E-state index contributed by atoms with van der Waals surface area (Å²) in [6.45, 7) is 4.06. The highest BCUT2D eigenvalue weighted by Crippen LogP contribution is 2.30. The first-order valence-corrected chi connectivity index (χ1v) is 11.1. The van der Waals surface area contributed by atoms with Gasteiger partial charge in [0.1, 0.15) is 17.3 Å². The van der Waals surface area contributed by atoms with Crippen LogP contribution in [0.2, 0.25) is 5.02 Å². The van der Waals surface area contributed by atoms with Gasteiger partial charge in [0.05, 0.1) is 17.0 Å². The average molecular weight is 468 g/mol. The van der Waals surface area contributed by atoms with Crippen molar-refractivity contribution >= 4 is 40.7 Å². The highest BCUT2D eigenvalue weighted by atomic mass is 35.5. The lowest BCUT2D eigenvalue weighted by molar-refractivity contribution is -0.125. The van der Waals surface area contributed by atoms with Crippen molar-refractivity contribution in [3.63, 3.8) is 0 Å². The molecule has 1 aliphatic rings. The molecule has 32 heavy (non-hydrogen) atoms. The Bertz CT molecular complexity index is 1210. The summed E-state index contributed by atoms with van der Waals surface area (Å²) in [5, 5.41) is 9.10. The molecule has 4 rings (SSSR count). The van der Waals surface area contributed by atoms with Crippen LogP contribution in [0.3, 0.4) is 0 Å². The van der Waals surface area contributed by atoms with Gasteiger partial charge >= 0.3 is 0 Å². The predicted molar refractivity (Wildman–Crippen MR) is 128 cm³/mol. The molecule has 1 amide bonds. The summed E-state index contributed by atoms with van der Waals surface area (Å²) < 4.78 is 19.6. The molecule has 8 heteroatoms. The van der Waals surface area contributed by atoms with Crippen molar-refractivity contribution in [1.82, 2.24) is 4.90 Å². The zero-order valence-electron chi connectivity index (χ0n) is 16.9. The Morgan fingerprint density at radius 3 is 2.81 bits per heavy atom. The Morgan fingerprint density at radius 1 is 1.19 bits per heavy atom. The Balaban J connectivity index is 1.49. The Kier molecular flexibility index (Phi) is 6.87. The van der Waals surface area contributed by atoms with E-state index in [0.29, 0.717) is 40.2 Å². The van der Waals surface area contributed by atoms with E-state index in [9.17, 15) is 9.18 Å². The number of carbonyl (C=O) groups excluding carboxylic acids is 1. The summed E-state index contributed by atoms with van der Waals surface area (Å²) in [7, 11) is 0. The third kappa shape index (κ3) is 5.00. The number of hydrogen-bond acceptors (Lipinski definition) is 5. The van der Waals surface area contributed by atoms with Crippen molar-refractivity contribution in [2.45, 2.75) is 11.7 Å². The number of thioether (sulfide) groups is 1. The molecular weight excluding hydrogens is 449 g/mol. The number of hydrogen-bond donors (Lipinski definition) is 0. The molecule has 1 aromatic heterocycles. The van der Waals surface area contributed by atoms with E-state index in [-0.39, 0.29) is 17.0 Å². The molecule has 2 heterocycles. The number of halogens is 2. The van der Waals surface area contributed by atoms with Crippen LogP contribution in [-0.4, -0.2) is 34.0 Å². The first-order chi connectivity index (χ1) is 15.5. The lowest BCUT2D eigenvalue weighted by Crippen LogP contribution is -2.32. The van der Waals surface area contributed by atoms with E-state index in [2.05, 4.69) is 16.8 Å². The summed E-state index contributed by atoms with van der Waals surface area (Å²) in [6.07, 6.45) is 3.61. The van der Waals surface area contributed by atoms with Gasteiger partial charge in [0.15, 0.2) is 5.17 Å². The summed E-state index contributed by atoms with van der Waals surface area (Å²) in [6, 6.07) is 17.2. The number of benzene rings is 2. The molecule has 1 atom stereocenters. The number of nitrogens with zero attached hydrogens (tertiary/aromatic N) is 3. The van der Waals surface area contributed by atoms with Gasteiger partial charge in [-0.15, -0.1) is 11.7 Å². The maximum absolute atomic E-state index is 13.9. The monoisotopic (exact) mass is 467 g/mol.